The Hall–Kier alpha value is -2.10. The SMILES string of the molecule is O=C(O)c1cc(-c2ccc(/C=C3/SC(=S)N(c4ccc(Br)c(Cl)c4)C3=O)o2)ccc1Cl. The van der Waals surface area contributed by atoms with E-state index in [1.54, 1.807) is 42.5 Å². The number of carbonyl (C=O) groups is 2. The summed E-state index contributed by atoms with van der Waals surface area (Å²) in [5, 5.41) is 9.85. The second kappa shape index (κ2) is 8.80. The molecule has 0 atom stereocenters. The maximum atomic E-state index is 12.9. The number of thiocarbonyl (C=S) groups is 1. The lowest BCUT2D eigenvalue weighted by Gasteiger charge is -2.15. The van der Waals surface area contributed by atoms with Gasteiger partial charge in [0.1, 0.15) is 11.5 Å². The van der Waals surface area contributed by atoms with E-state index in [1.165, 1.54) is 17.0 Å². The molecule has 0 spiro atoms. The van der Waals surface area contributed by atoms with E-state index in [0.717, 1.165) is 16.2 Å². The van der Waals surface area contributed by atoms with Crippen molar-refractivity contribution < 1.29 is 19.1 Å². The van der Waals surface area contributed by atoms with Crippen molar-refractivity contribution in [2.45, 2.75) is 0 Å². The molecule has 1 aliphatic heterocycles. The first-order valence-corrected chi connectivity index (χ1v) is 11.4. The van der Waals surface area contributed by atoms with Gasteiger partial charge in [0.15, 0.2) is 4.32 Å². The molecule has 0 bridgehead atoms. The molecule has 156 valence electrons. The van der Waals surface area contributed by atoms with Crippen LogP contribution < -0.4 is 4.90 Å². The lowest BCUT2D eigenvalue weighted by Crippen LogP contribution is -2.27. The third kappa shape index (κ3) is 4.44. The van der Waals surface area contributed by atoms with Gasteiger partial charge in [-0.3, -0.25) is 9.69 Å². The lowest BCUT2D eigenvalue weighted by atomic mass is 10.1. The number of carboxylic acid groups (broad SMARTS) is 1. The predicted molar refractivity (Wildman–Crippen MR) is 131 cm³/mol. The summed E-state index contributed by atoms with van der Waals surface area (Å²) in [5.74, 6) is -0.543. The van der Waals surface area contributed by atoms with Gasteiger partial charge in [-0.1, -0.05) is 47.2 Å². The topological polar surface area (TPSA) is 70.8 Å². The Labute approximate surface area is 204 Å². The lowest BCUT2D eigenvalue weighted by molar-refractivity contribution is -0.113. The Morgan fingerprint density at radius 3 is 2.61 bits per heavy atom. The molecule has 1 aromatic heterocycles. The van der Waals surface area contributed by atoms with E-state index in [1.807, 2.05) is 0 Å². The number of carboxylic acids is 1. The molecule has 1 saturated heterocycles. The quantitative estimate of drug-likeness (QED) is 0.273. The highest BCUT2D eigenvalue weighted by Gasteiger charge is 2.33. The van der Waals surface area contributed by atoms with Crippen molar-refractivity contribution in [3.63, 3.8) is 0 Å². The van der Waals surface area contributed by atoms with Gasteiger partial charge in [-0.2, -0.15) is 0 Å². The summed E-state index contributed by atoms with van der Waals surface area (Å²) in [4.78, 5) is 26.0. The van der Waals surface area contributed by atoms with Crippen molar-refractivity contribution in [1.29, 1.82) is 0 Å². The molecule has 10 heteroatoms. The zero-order chi connectivity index (χ0) is 22.3. The van der Waals surface area contributed by atoms with Crippen LogP contribution in [0.5, 0.6) is 0 Å². The van der Waals surface area contributed by atoms with Gasteiger partial charge in [-0.15, -0.1) is 0 Å². The van der Waals surface area contributed by atoms with Gasteiger partial charge in [-0.25, -0.2) is 4.79 Å². The van der Waals surface area contributed by atoms with Crippen molar-refractivity contribution in [1.82, 2.24) is 0 Å². The van der Waals surface area contributed by atoms with Gasteiger partial charge in [0.05, 0.1) is 26.2 Å². The third-order valence-corrected chi connectivity index (χ3v) is 7.20. The number of anilines is 1. The molecule has 3 aromatic rings. The van der Waals surface area contributed by atoms with Crippen LogP contribution in [0.4, 0.5) is 5.69 Å². The molecule has 1 fully saturated rings. The Morgan fingerprint density at radius 1 is 1.13 bits per heavy atom. The minimum Gasteiger partial charge on any atom is -0.478 e. The van der Waals surface area contributed by atoms with E-state index in [9.17, 15) is 14.7 Å². The first-order valence-electron chi connectivity index (χ1n) is 8.60. The molecule has 4 rings (SSSR count). The van der Waals surface area contributed by atoms with E-state index in [4.69, 9.17) is 39.8 Å². The van der Waals surface area contributed by atoms with E-state index in [2.05, 4.69) is 15.9 Å². The number of hydrogen-bond acceptors (Lipinski definition) is 5. The number of amides is 1. The van der Waals surface area contributed by atoms with Crippen LogP contribution in [0.25, 0.3) is 17.4 Å². The number of rotatable bonds is 4. The summed E-state index contributed by atoms with van der Waals surface area (Å²) in [6, 6.07) is 13.1. The molecule has 0 saturated carbocycles. The second-order valence-electron chi connectivity index (χ2n) is 6.32. The Kier molecular flexibility index (Phi) is 6.27. The van der Waals surface area contributed by atoms with Gasteiger partial charge < -0.3 is 9.52 Å². The molecule has 0 aliphatic carbocycles. The average Bonchev–Trinajstić information content (AvgIpc) is 3.29. The molecule has 0 unspecified atom stereocenters. The fraction of sp³-hybridized carbons (Fsp3) is 0. The molecule has 5 nitrogen and oxygen atoms in total. The summed E-state index contributed by atoms with van der Waals surface area (Å²) in [5.41, 5.74) is 1.10. The summed E-state index contributed by atoms with van der Waals surface area (Å²) in [7, 11) is 0. The molecular formula is C21H10BrCl2NO4S2. The van der Waals surface area contributed by atoms with Crippen LogP contribution in [-0.2, 0) is 4.79 Å². The van der Waals surface area contributed by atoms with E-state index >= 15 is 0 Å². The van der Waals surface area contributed by atoms with E-state index in [0.29, 0.717) is 37.0 Å². The maximum Gasteiger partial charge on any atom is 0.337 e. The van der Waals surface area contributed by atoms with Crippen LogP contribution in [0, 0.1) is 0 Å². The van der Waals surface area contributed by atoms with E-state index < -0.39 is 5.97 Å². The number of furan rings is 1. The Bertz CT molecular complexity index is 1290. The molecule has 0 radical (unpaired) electrons. The number of hydrogen-bond donors (Lipinski definition) is 1. The van der Waals surface area contributed by atoms with Crippen molar-refractivity contribution in [2.75, 3.05) is 4.90 Å². The van der Waals surface area contributed by atoms with Gasteiger partial charge in [0, 0.05) is 16.1 Å². The van der Waals surface area contributed by atoms with Crippen LogP contribution in [0.1, 0.15) is 16.1 Å². The number of carbonyl (C=O) groups excluding carboxylic acids is 1. The van der Waals surface area contributed by atoms with Crippen LogP contribution in [0.3, 0.4) is 0 Å². The average molecular weight is 555 g/mol. The first kappa shape index (κ1) is 22.1. The highest BCUT2D eigenvalue weighted by Crippen LogP contribution is 2.38. The summed E-state index contributed by atoms with van der Waals surface area (Å²) >= 11 is 21.9. The highest BCUT2D eigenvalue weighted by atomic mass is 79.9. The Balaban J connectivity index is 1.62. The number of thioether (sulfide) groups is 1. The van der Waals surface area contributed by atoms with Crippen LogP contribution in [-0.4, -0.2) is 21.3 Å². The molecule has 1 amide bonds. The monoisotopic (exact) mass is 553 g/mol. The highest BCUT2D eigenvalue weighted by molar-refractivity contribution is 9.10. The van der Waals surface area contributed by atoms with Gasteiger partial charge >= 0.3 is 5.97 Å². The molecule has 2 aromatic carbocycles. The summed E-state index contributed by atoms with van der Waals surface area (Å²) in [6.45, 7) is 0. The second-order valence-corrected chi connectivity index (χ2v) is 9.66. The maximum absolute atomic E-state index is 12.9. The third-order valence-electron chi connectivity index (χ3n) is 4.34. The standard InChI is InChI=1S/C21H10BrCl2NO4S2/c22-14-4-2-11(8-16(14)24)25-19(26)18(31-21(25)30)9-12-3-6-17(29-12)10-1-5-15(23)13(7-10)20(27)28/h1-9H,(H,27,28)/b18-9+. The van der Waals surface area contributed by atoms with Crippen LogP contribution >= 0.6 is 63.1 Å². The van der Waals surface area contributed by atoms with Gasteiger partial charge in [0.2, 0.25) is 0 Å². The summed E-state index contributed by atoms with van der Waals surface area (Å²) in [6.07, 6.45) is 1.59. The molecular weight excluding hydrogens is 545 g/mol. The molecule has 31 heavy (non-hydrogen) atoms. The Morgan fingerprint density at radius 2 is 1.90 bits per heavy atom. The number of benzene rings is 2. The molecule has 2 heterocycles. The van der Waals surface area contributed by atoms with Crippen LogP contribution in [0.15, 0.2) is 62.3 Å². The minimum atomic E-state index is -1.13. The fourth-order valence-electron chi connectivity index (χ4n) is 2.87. The van der Waals surface area contributed by atoms with Crippen molar-refractivity contribution >= 4 is 91.1 Å². The molecule has 1 aliphatic rings. The first-order chi connectivity index (χ1) is 14.7. The largest absolute Gasteiger partial charge is 0.478 e. The number of halogens is 3. The fourth-order valence-corrected chi connectivity index (χ4v) is 4.77. The van der Waals surface area contributed by atoms with Crippen molar-refractivity contribution in [3.8, 4) is 11.3 Å². The smallest absolute Gasteiger partial charge is 0.337 e. The van der Waals surface area contributed by atoms with E-state index in [-0.39, 0.29) is 16.5 Å². The zero-order valence-electron chi connectivity index (χ0n) is 15.3. The predicted octanol–water partition coefficient (Wildman–Crippen LogP) is 7.12. The van der Waals surface area contributed by atoms with Gasteiger partial charge in [0.25, 0.3) is 5.91 Å². The normalized spacial score (nSPS) is 15.2. The van der Waals surface area contributed by atoms with Crippen LogP contribution in [0.2, 0.25) is 10.0 Å². The minimum absolute atomic E-state index is 0.0221. The number of nitrogens with zero attached hydrogens (tertiary/aromatic N) is 1. The zero-order valence-corrected chi connectivity index (χ0v) is 20.0. The van der Waals surface area contributed by atoms with Crippen molar-refractivity contribution in [2.24, 2.45) is 0 Å². The van der Waals surface area contributed by atoms with Gasteiger partial charge in [-0.05, 0) is 64.5 Å². The number of aromatic carboxylic acids is 1. The molecule has 1 N–H and O–H groups in total. The van der Waals surface area contributed by atoms with Crippen molar-refractivity contribution in [3.05, 3.63) is 79.3 Å². The summed E-state index contributed by atoms with van der Waals surface area (Å²) < 4.78 is 6.90.